The summed E-state index contributed by atoms with van der Waals surface area (Å²) in [6, 6.07) is 4.45. The molecule has 0 atom stereocenters. The fourth-order valence-corrected chi connectivity index (χ4v) is 2.51. The van der Waals surface area contributed by atoms with Gasteiger partial charge < -0.3 is 16.0 Å². The Kier molecular flexibility index (Phi) is 4.98. The molecule has 0 unspecified atom stereocenters. The molecular formula is C15H20N4O3. The van der Waals surface area contributed by atoms with Crippen LogP contribution in [-0.2, 0) is 4.79 Å². The summed E-state index contributed by atoms with van der Waals surface area (Å²) < 4.78 is 0. The number of likely N-dealkylation sites (tertiary alicyclic amines) is 1. The van der Waals surface area contributed by atoms with E-state index in [0.29, 0.717) is 11.3 Å². The van der Waals surface area contributed by atoms with Crippen molar-refractivity contribution >= 4 is 23.5 Å². The molecule has 7 heteroatoms. The molecule has 1 saturated heterocycles. The van der Waals surface area contributed by atoms with Crippen molar-refractivity contribution in [2.24, 2.45) is 5.73 Å². The molecule has 0 radical (unpaired) electrons. The fraction of sp³-hybridized carbons (Fsp3) is 0.400. The van der Waals surface area contributed by atoms with Crippen LogP contribution in [0.3, 0.4) is 0 Å². The van der Waals surface area contributed by atoms with Gasteiger partial charge in [-0.2, -0.15) is 0 Å². The van der Waals surface area contributed by atoms with Crippen LogP contribution in [0.2, 0.25) is 0 Å². The van der Waals surface area contributed by atoms with Crippen molar-refractivity contribution in [3.8, 4) is 0 Å². The highest BCUT2D eigenvalue weighted by atomic mass is 16.2. The summed E-state index contributed by atoms with van der Waals surface area (Å²) in [5, 5.41) is 4.89. The third-order valence-electron chi connectivity index (χ3n) is 3.66. The van der Waals surface area contributed by atoms with Crippen molar-refractivity contribution in [2.75, 3.05) is 25.0 Å². The van der Waals surface area contributed by atoms with Crippen molar-refractivity contribution < 1.29 is 14.4 Å². The highest BCUT2D eigenvalue weighted by molar-refractivity contribution is 5.98. The van der Waals surface area contributed by atoms with Crippen LogP contribution in [0.15, 0.2) is 18.2 Å². The lowest BCUT2D eigenvalue weighted by Gasteiger charge is -2.18. The summed E-state index contributed by atoms with van der Waals surface area (Å²) >= 11 is 0. The molecule has 1 aromatic rings. The second kappa shape index (κ2) is 6.93. The van der Waals surface area contributed by atoms with Gasteiger partial charge in [-0.1, -0.05) is 6.07 Å². The van der Waals surface area contributed by atoms with Gasteiger partial charge in [-0.3, -0.25) is 14.9 Å². The number of primary amides is 1. The number of benzene rings is 1. The highest BCUT2D eigenvalue weighted by Gasteiger charge is 2.21. The van der Waals surface area contributed by atoms with Gasteiger partial charge in [0.25, 0.3) is 5.91 Å². The number of carbonyl (C=O) groups excluding carboxylic acids is 3. The summed E-state index contributed by atoms with van der Waals surface area (Å²) in [7, 11) is 0. The zero-order chi connectivity index (χ0) is 16.1. The first-order valence-corrected chi connectivity index (χ1v) is 7.21. The molecule has 1 heterocycles. The standard InChI is InChI=1S/C15H20N4O3/c1-10-11(14(21)19-7-2-3-8-19)5-4-6-12(10)17-9-13(20)18-15(16)22/h4-6,17H,2-3,7-9H2,1H3,(H3,16,18,20,22). The van der Waals surface area contributed by atoms with E-state index in [9.17, 15) is 14.4 Å². The Morgan fingerprint density at radius 1 is 1.23 bits per heavy atom. The summed E-state index contributed by atoms with van der Waals surface area (Å²) in [6.07, 6.45) is 2.08. The fourth-order valence-electron chi connectivity index (χ4n) is 2.51. The molecule has 0 spiro atoms. The third kappa shape index (κ3) is 3.75. The maximum Gasteiger partial charge on any atom is 0.318 e. The molecule has 2 rings (SSSR count). The lowest BCUT2D eigenvalue weighted by atomic mass is 10.1. The van der Waals surface area contributed by atoms with Crippen LogP contribution in [0.5, 0.6) is 0 Å². The van der Waals surface area contributed by atoms with Gasteiger partial charge in [0, 0.05) is 24.3 Å². The van der Waals surface area contributed by atoms with Crippen molar-refractivity contribution in [2.45, 2.75) is 19.8 Å². The number of nitrogens with zero attached hydrogens (tertiary/aromatic N) is 1. The molecule has 1 aliphatic rings. The van der Waals surface area contributed by atoms with Crippen LogP contribution >= 0.6 is 0 Å². The molecule has 0 bridgehead atoms. The number of nitrogens with one attached hydrogen (secondary N) is 2. The Bertz CT molecular complexity index is 594. The van der Waals surface area contributed by atoms with E-state index in [1.165, 1.54) is 0 Å². The summed E-state index contributed by atoms with van der Waals surface area (Å²) in [4.78, 5) is 36.3. The molecule has 0 aliphatic carbocycles. The van der Waals surface area contributed by atoms with E-state index in [-0.39, 0.29) is 12.5 Å². The second-order valence-corrected chi connectivity index (χ2v) is 5.24. The van der Waals surface area contributed by atoms with E-state index in [2.05, 4.69) is 5.32 Å². The highest BCUT2D eigenvalue weighted by Crippen LogP contribution is 2.22. The maximum absolute atomic E-state index is 12.5. The number of imide groups is 1. The Labute approximate surface area is 128 Å². The van der Waals surface area contributed by atoms with Gasteiger partial charge in [-0.05, 0) is 37.5 Å². The molecule has 0 saturated carbocycles. The monoisotopic (exact) mass is 304 g/mol. The average Bonchev–Trinajstić information content (AvgIpc) is 2.99. The van der Waals surface area contributed by atoms with Crippen LogP contribution in [0.4, 0.5) is 10.5 Å². The number of anilines is 1. The lowest BCUT2D eigenvalue weighted by Crippen LogP contribution is -2.38. The molecule has 4 amide bonds. The van der Waals surface area contributed by atoms with Crippen LogP contribution in [-0.4, -0.2) is 42.4 Å². The predicted octanol–water partition coefficient (Wildman–Crippen LogP) is 0.838. The second-order valence-electron chi connectivity index (χ2n) is 5.24. The average molecular weight is 304 g/mol. The normalized spacial score (nSPS) is 13.8. The number of urea groups is 1. The quantitative estimate of drug-likeness (QED) is 0.766. The minimum absolute atomic E-state index is 0.0141. The number of carbonyl (C=O) groups is 3. The zero-order valence-electron chi connectivity index (χ0n) is 12.5. The summed E-state index contributed by atoms with van der Waals surface area (Å²) in [5.74, 6) is -0.511. The van der Waals surface area contributed by atoms with Gasteiger partial charge in [0.15, 0.2) is 0 Å². The Morgan fingerprint density at radius 2 is 1.91 bits per heavy atom. The van der Waals surface area contributed by atoms with Gasteiger partial charge in [0.05, 0.1) is 6.54 Å². The molecule has 1 fully saturated rings. The number of hydrogen-bond donors (Lipinski definition) is 3. The first-order chi connectivity index (χ1) is 10.5. The Morgan fingerprint density at radius 3 is 2.55 bits per heavy atom. The molecule has 0 aromatic heterocycles. The number of nitrogens with two attached hydrogens (primary N) is 1. The van der Waals surface area contributed by atoms with Crippen LogP contribution in [0, 0.1) is 6.92 Å². The SMILES string of the molecule is Cc1c(NCC(=O)NC(N)=O)cccc1C(=O)N1CCCC1. The van der Waals surface area contributed by atoms with Crippen molar-refractivity contribution in [3.05, 3.63) is 29.3 Å². The summed E-state index contributed by atoms with van der Waals surface area (Å²) in [6.45, 7) is 3.32. The minimum Gasteiger partial charge on any atom is -0.376 e. The maximum atomic E-state index is 12.5. The smallest absolute Gasteiger partial charge is 0.318 e. The molecule has 1 aliphatic heterocycles. The number of rotatable bonds is 4. The van der Waals surface area contributed by atoms with Crippen LogP contribution in [0.1, 0.15) is 28.8 Å². The minimum atomic E-state index is -0.888. The van der Waals surface area contributed by atoms with Crippen LogP contribution < -0.4 is 16.4 Å². The topological polar surface area (TPSA) is 105 Å². The van der Waals surface area contributed by atoms with Gasteiger partial charge in [0.1, 0.15) is 0 Å². The third-order valence-corrected chi connectivity index (χ3v) is 3.66. The number of amides is 4. The largest absolute Gasteiger partial charge is 0.376 e. The Hall–Kier alpha value is -2.57. The predicted molar refractivity (Wildman–Crippen MR) is 82.5 cm³/mol. The van der Waals surface area contributed by atoms with Crippen LogP contribution in [0.25, 0.3) is 0 Å². The molecular weight excluding hydrogens is 284 g/mol. The molecule has 22 heavy (non-hydrogen) atoms. The van der Waals surface area contributed by atoms with E-state index in [0.717, 1.165) is 31.5 Å². The molecule has 118 valence electrons. The molecule has 4 N–H and O–H groups in total. The van der Waals surface area contributed by atoms with E-state index >= 15 is 0 Å². The van der Waals surface area contributed by atoms with E-state index < -0.39 is 11.9 Å². The van der Waals surface area contributed by atoms with Gasteiger partial charge in [-0.15, -0.1) is 0 Å². The first-order valence-electron chi connectivity index (χ1n) is 7.21. The lowest BCUT2D eigenvalue weighted by molar-refractivity contribution is -0.118. The zero-order valence-corrected chi connectivity index (χ0v) is 12.5. The summed E-state index contributed by atoms with van der Waals surface area (Å²) in [5.41, 5.74) is 6.97. The van der Waals surface area contributed by atoms with Crippen molar-refractivity contribution in [3.63, 3.8) is 0 Å². The van der Waals surface area contributed by atoms with Gasteiger partial charge in [0.2, 0.25) is 5.91 Å². The molecule has 1 aromatic carbocycles. The van der Waals surface area contributed by atoms with E-state index in [1.54, 1.807) is 18.2 Å². The van der Waals surface area contributed by atoms with E-state index in [4.69, 9.17) is 5.73 Å². The van der Waals surface area contributed by atoms with Gasteiger partial charge in [-0.25, -0.2) is 4.79 Å². The van der Waals surface area contributed by atoms with Crippen molar-refractivity contribution in [1.29, 1.82) is 0 Å². The number of hydrogen-bond acceptors (Lipinski definition) is 4. The first kappa shape index (κ1) is 15.8. The Balaban J connectivity index is 2.07. The van der Waals surface area contributed by atoms with Gasteiger partial charge >= 0.3 is 6.03 Å². The molecule has 7 nitrogen and oxygen atoms in total. The van der Waals surface area contributed by atoms with Crippen molar-refractivity contribution in [1.82, 2.24) is 10.2 Å². The van der Waals surface area contributed by atoms with E-state index in [1.807, 2.05) is 17.1 Å².